The molecule has 1 aromatic carbocycles. The summed E-state index contributed by atoms with van der Waals surface area (Å²) in [6, 6.07) is 2.89. The predicted molar refractivity (Wildman–Crippen MR) is 78.3 cm³/mol. The van der Waals surface area contributed by atoms with Gasteiger partial charge in [-0.3, -0.25) is 4.79 Å². The summed E-state index contributed by atoms with van der Waals surface area (Å²) < 4.78 is 23.2. The molecule has 1 rings (SSSR count). The first-order valence-electron chi connectivity index (χ1n) is 6.94. The Morgan fingerprint density at radius 3 is 2.64 bits per heavy atom. The lowest BCUT2D eigenvalue weighted by Gasteiger charge is -2.13. The third-order valence-electron chi connectivity index (χ3n) is 2.94. The predicted octanol–water partition coefficient (Wildman–Crippen LogP) is 2.03. The van der Waals surface area contributed by atoms with Crippen LogP contribution in [0.25, 0.3) is 0 Å². The highest BCUT2D eigenvalue weighted by Crippen LogP contribution is 2.28. The average Bonchev–Trinajstić information content (AvgIpc) is 2.52. The fourth-order valence-electron chi connectivity index (χ4n) is 1.66. The lowest BCUT2D eigenvalue weighted by Crippen LogP contribution is -2.42. The van der Waals surface area contributed by atoms with E-state index >= 15 is 0 Å². The number of benzene rings is 1. The number of amides is 1. The molecule has 0 aliphatic carbocycles. The van der Waals surface area contributed by atoms with Gasteiger partial charge in [-0.25, -0.2) is 9.18 Å². The molecule has 1 amide bonds. The van der Waals surface area contributed by atoms with E-state index in [1.54, 1.807) is 6.07 Å². The Morgan fingerprint density at radius 1 is 1.36 bits per heavy atom. The van der Waals surface area contributed by atoms with E-state index in [0.717, 1.165) is 12.8 Å². The Hall–Kier alpha value is -2.31. The van der Waals surface area contributed by atoms with Gasteiger partial charge in [0.2, 0.25) is 0 Å². The number of hydrogen-bond acceptors (Lipinski definition) is 4. The molecule has 0 fully saturated rings. The monoisotopic (exact) mass is 313 g/mol. The zero-order valence-electron chi connectivity index (χ0n) is 12.6. The summed E-state index contributed by atoms with van der Waals surface area (Å²) in [5, 5.41) is 10.8. The first-order valence-corrected chi connectivity index (χ1v) is 6.94. The summed E-state index contributed by atoms with van der Waals surface area (Å²) in [6.45, 7) is 1.38. The van der Waals surface area contributed by atoms with Crippen LogP contribution in [0.1, 0.15) is 30.1 Å². The molecule has 0 saturated carbocycles. The molecule has 0 aromatic heterocycles. The second-order valence-corrected chi connectivity index (χ2v) is 4.59. The molecule has 1 aromatic rings. The smallest absolute Gasteiger partial charge is 0.328 e. The molecule has 0 bridgehead atoms. The summed E-state index contributed by atoms with van der Waals surface area (Å²) in [5.41, 5.74) is 0.166. The molecular formula is C15H20FNO5. The van der Waals surface area contributed by atoms with Gasteiger partial charge in [0.1, 0.15) is 6.67 Å². The van der Waals surface area contributed by atoms with Crippen LogP contribution in [0.4, 0.5) is 4.39 Å². The summed E-state index contributed by atoms with van der Waals surface area (Å²) in [6.07, 6.45) is 1.88. The SMILES string of the molecule is CCCCOc1ccc(C(=O)NC(CF)C(=O)O)cc1OC. The van der Waals surface area contributed by atoms with Crippen molar-refractivity contribution < 1.29 is 28.6 Å². The van der Waals surface area contributed by atoms with Crippen LogP contribution in [-0.4, -0.2) is 43.4 Å². The van der Waals surface area contributed by atoms with Gasteiger partial charge in [-0.2, -0.15) is 0 Å². The van der Waals surface area contributed by atoms with Crippen LogP contribution in [0.5, 0.6) is 11.5 Å². The van der Waals surface area contributed by atoms with Crippen molar-refractivity contribution in [2.24, 2.45) is 0 Å². The zero-order valence-corrected chi connectivity index (χ0v) is 12.6. The molecule has 0 spiro atoms. The number of halogens is 1. The fourth-order valence-corrected chi connectivity index (χ4v) is 1.66. The summed E-state index contributed by atoms with van der Waals surface area (Å²) in [5.74, 6) is -1.27. The van der Waals surface area contributed by atoms with Gasteiger partial charge in [-0.05, 0) is 24.6 Å². The van der Waals surface area contributed by atoms with Crippen molar-refractivity contribution in [1.82, 2.24) is 5.32 Å². The molecule has 1 unspecified atom stereocenters. The Balaban J connectivity index is 2.83. The van der Waals surface area contributed by atoms with Gasteiger partial charge in [-0.1, -0.05) is 13.3 Å². The Kier molecular flexibility index (Phi) is 7.15. The van der Waals surface area contributed by atoms with Crippen LogP contribution >= 0.6 is 0 Å². The van der Waals surface area contributed by atoms with Crippen LogP contribution in [-0.2, 0) is 4.79 Å². The molecule has 0 radical (unpaired) electrons. The maximum absolute atomic E-state index is 12.5. The first kappa shape index (κ1) is 17.7. The second-order valence-electron chi connectivity index (χ2n) is 4.59. The van der Waals surface area contributed by atoms with Crippen LogP contribution in [0.15, 0.2) is 18.2 Å². The topological polar surface area (TPSA) is 84.9 Å². The van der Waals surface area contributed by atoms with E-state index in [0.29, 0.717) is 18.1 Å². The van der Waals surface area contributed by atoms with E-state index < -0.39 is 24.6 Å². The summed E-state index contributed by atoms with van der Waals surface area (Å²) >= 11 is 0. The highest BCUT2D eigenvalue weighted by Gasteiger charge is 2.21. The van der Waals surface area contributed by atoms with Crippen LogP contribution < -0.4 is 14.8 Å². The normalized spacial score (nSPS) is 11.6. The number of rotatable bonds is 9. The minimum atomic E-state index is -1.57. The molecule has 7 heteroatoms. The second kappa shape index (κ2) is 8.86. The van der Waals surface area contributed by atoms with Crippen molar-refractivity contribution in [3.8, 4) is 11.5 Å². The molecule has 2 N–H and O–H groups in total. The molecule has 0 saturated heterocycles. The van der Waals surface area contributed by atoms with Crippen molar-refractivity contribution in [2.75, 3.05) is 20.4 Å². The quantitative estimate of drug-likeness (QED) is 0.681. The molecule has 0 heterocycles. The van der Waals surface area contributed by atoms with Crippen LogP contribution in [0.3, 0.4) is 0 Å². The van der Waals surface area contributed by atoms with Gasteiger partial charge in [0.15, 0.2) is 17.5 Å². The van der Waals surface area contributed by atoms with Gasteiger partial charge in [0.05, 0.1) is 13.7 Å². The van der Waals surface area contributed by atoms with Gasteiger partial charge < -0.3 is 19.9 Å². The van der Waals surface area contributed by atoms with E-state index in [4.69, 9.17) is 14.6 Å². The van der Waals surface area contributed by atoms with E-state index in [1.807, 2.05) is 6.92 Å². The van der Waals surface area contributed by atoms with Crippen molar-refractivity contribution in [1.29, 1.82) is 0 Å². The largest absolute Gasteiger partial charge is 0.493 e. The number of methoxy groups -OCH3 is 1. The summed E-state index contributed by atoms with van der Waals surface area (Å²) in [4.78, 5) is 22.6. The van der Waals surface area contributed by atoms with E-state index in [9.17, 15) is 14.0 Å². The Morgan fingerprint density at radius 2 is 2.09 bits per heavy atom. The van der Waals surface area contributed by atoms with Crippen LogP contribution in [0.2, 0.25) is 0 Å². The Bertz CT molecular complexity index is 521. The highest BCUT2D eigenvalue weighted by atomic mass is 19.1. The minimum Gasteiger partial charge on any atom is -0.493 e. The molecule has 0 aliphatic heterocycles. The lowest BCUT2D eigenvalue weighted by molar-refractivity contribution is -0.139. The van der Waals surface area contributed by atoms with Gasteiger partial charge in [0.25, 0.3) is 5.91 Å². The number of carboxylic acid groups (broad SMARTS) is 1. The number of alkyl halides is 1. The van der Waals surface area contributed by atoms with Crippen LogP contribution in [0, 0.1) is 0 Å². The Labute approximate surface area is 128 Å². The third-order valence-corrected chi connectivity index (χ3v) is 2.94. The maximum Gasteiger partial charge on any atom is 0.328 e. The molecule has 0 aliphatic rings. The number of carbonyl (C=O) groups excluding carboxylic acids is 1. The van der Waals surface area contributed by atoms with E-state index in [-0.39, 0.29) is 5.56 Å². The highest BCUT2D eigenvalue weighted by molar-refractivity contribution is 5.97. The van der Waals surface area contributed by atoms with Gasteiger partial charge in [0, 0.05) is 5.56 Å². The number of carbonyl (C=O) groups is 2. The maximum atomic E-state index is 12.5. The molecule has 22 heavy (non-hydrogen) atoms. The first-order chi connectivity index (χ1) is 10.5. The number of nitrogens with one attached hydrogen (secondary N) is 1. The van der Waals surface area contributed by atoms with Crippen molar-refractivity contribution >= 4 is 11.9 Å². The number of carboxylic acids is 1. The van der Waals surface area contributed by atoms with Crippen molar-refractivity contribution in [3.05, 3.63) is 23.8 Å². The molecule has 6 nitrogen and oxygen atoms in total. The molecular weight excluding hydrogens is 293 g/mol. The third kappa shape index (κ3) is 4.91. The van der Waals surface area contributed by atoms with E-state index in [2.05, 4.69) is 5.32 Å². The van der Waals surface area contributed by atoms with E-state index in [1.165, 1.54) is 19.2 Å². The number of hydrogen-bond donors (Lipinski definition) is 2. The lowest BCUT2D eigenvalue weighted by atomic mass is 10.1. The number of unbranched alkanes of at least 4 members (excludes halogenated alkanes) is 1. The minimum absolute atomic E-state index is 0.166. The average molecular weight is 313 g/mol. The number of aliphatic carboxylic acids is 1. The standard InChI is InChI=1S/C15H20FNO5/c1-3-4-7-22-12-6-5-10(8-13(12)21-2)14(18)17-11(9-16)15(19)20/h5-6,8,11H,3-4,7,9H2,1-2H3,(H,17,18)(H,19,20). The number of ether oxygens (including phenoxy) is 2. The summed E-state index contributed by atoms with van der Waals surface area (Å²) in [7, 11) is 1.44. The fraction of sp³-hybridized carbons (Fsp3) is 0.467. The zero-order chi connectivity index (χ0) is 16.5. The van der Waals surface area contributed by atoms with Gasteiger partial charge >= 0.3 is 5.97 Å². The molecule has 1 atom stereocenters. The van der Waals surface area contributed by atoms with Crippen molar-refractivity contribution in [2.45, 2.75) is 25.8 Å². The van der Waals surface area contributed by atoms with Crippen molar-refractivity contribution in [3.63, 3.8) is 0 Å². The van der Waals surface area contributed by atoms with Gasteiger partial charge in [-0.15, -0.1) is 0 Å². The molecule has 122 valence electrons.